The highest BCUT2D eigenvalue weighted by molar-refractivity contribution is 4.90. The van der Waals surface area contributed by atoms with E-state index < -0.39 is 0 Å². The summed E-state index contributed by atoms with van der Waals surface area (Å²) in [6, 6.07) is 0.607. The van der Waals surface area contributed by atoms with Gasteiger partial charge in [-0.1, -0.05) is 20.3 Å². The topological polar surface area (TPSA) is 33.1 Å². The van der Waals surface area contributed by atoms with Gasteiger partial charge in [-0.15, -0.1) is 0 Å². The number of nitrogens with zero attached hydrogens (tertiary/aromatic N) is 3. The molecule has 1 heterocycles. The standard InChI is InChI=1S/C14H28N4/c1-13(2)15-8-6-5-7-10-17(3)12-14-16-9-11-18(14)4/h9,11,13,15H,5-8,10,12H2,1-4H3. The van der Waals surface area contributed by atoms with Crippen molar-refractivity contribution in [1.82, 2.24) is 19.8 Å². The molecule has 1 rings (SSSR count). The van der Waals surface area contributed by atoms with Crippen molar-refractivity contribution in [2.45, 2.75) is 45.7 Å². The molecule has 0 aliphatic heterocycles. The first-order valence-corrected chi connectivity index (χ1v) is 6.97. The minimum atomic E-state index is 0.607. The van der Waals surface area contributed by atoms with Gasteiger partial charge in [-0.25, -0.2) is 4.98 Å². The zero-order valence-corrected chi connectivity index (χ0v) is 12.3. The monoisotopic (exact) mass is 252 g/mol. The van der Waals surface area contributed by atoms with Gasteiger partial charge in [-0.3, -0.25) is 4.90 Å². The number of unbranched alkanes of at least 4 members (excludes halogenated alkanes) is 2. The Bertz CT molecular complexity index is 319. The summed E-state index contributed by atoms with van der Waals surface area (Å²) in [4.78, 5) is 6.69. The van der Waals surface area contributed by atoms with Crippen molar-refractivity contribution in [3.8, 4) is 0 Å². The number of aromatic nitrogens is 2. The van der Waals surface area contributed by atoms with Gasteiger partial charge >= 0.3 is 0 Å². The molecule has 1 aromatic heterocycles. The molecule has 18 heavy (non-hydrogen) atoms. The molecule has 4 heteroatoms. The van der Waals surface area contributed by atoms with E-state index in [9.17, 15) is 0 Å². The van der Waals surface area contributed by atoms with E-state index in [-0.39, 0.29) is 0 Å². The molecular formula is C14H28N4. The van der Waals surface area contributed by atoms with Gasteiger partial charge in [-0.05, 0) is 33.0 Å². The second-order valence-electron chi connectivity index (χ2n) is 5.36. The minimum Gasteiger partial charge on any atom is -0.337 e. The molecule has 0 spiro atoms. The quantitative estimate of drug-likeness (QED) is 0.683. The van der Waals surface area contributed by atoms with Crippen molar-refractivity contribution in [2.24, 2.45) is 7.05 Å². The molecule has 0 fully saturated rings. The third kappa shape index (κ3) is 6.17. The number of imidazole rings is 1. The van der Waals surface area contributed by atoms with E-state index in [1.165, 1.54) is 19.3 Å². The van der Waals surface area contributed by atoms with Crippen LogP contribution in [0.15, 0.2) is 12.4 Å². The fourth-order valence-electron chi connectivity index (χ4n) is 1.94. The van der Waals surface area contributed by atoms with Crippen LogP contribution in [0.25, 0.3) is 0 Å². The van der Waals surface area contributed by atoms with Crippen LogP contribution in [-0.4, -0.2) is 40.6 Å². The number of hydrogen-bond acceptors (Lipinski definition) is 3. The van der Waals surface area contributed by atoms with Crippen LogP contribution in [0.5, 0.6) is 0 Å². The maximum atomic E-state index is 4.34. The molecule has 1 N–H and O–H groups in total. The van der Waals surface area contributed by atoms with Gasteiger partial charge in [0.05, 0.1) is 6.54 Å². The molecule has 0 aliphatic rings. The third-order valence-corrected chi connectivity index (χ3v) is 3.10. The van der Waals surface area contributed by atoms with Crippen molar-refractivity contribution < 1.29 is 0 Å². The van der Waals surface area contributed by atoms with Crippen molar-refractivity contribution in [3.63, 3.8) is 0 Å². The molecule has 0 unspecified atom stereocenters. The predicted octanol–water partition coefficient (Wildman–Crippen LogP) is 2.02. The average Bonchev–Trinajstić information content (AvgIpc) is 2.69. The van der Waals surface area contributed by atoms with E-state index in [0.717, 1.165) is 25.5 Å². The van der Waals surface area contributed by atoms with Crippen molar-refractivity contribution in [3.05, 3.63) is 18.2 Å². The Labute approximate surface area is 111 Å². The van der Waals surface area contributed by atoms with Crippen LogP contribution < -0.4 is 5.32 Å². The summed E-state index contributed by atoms with van der Waals surface area (Å²) in [6.07, 6.45) is 7.70. The molecule has 0 atom stereocenters. The zero-order valence-electron chi connectivity index (χ0n) is 12.3. The molecule has 0 amide bonds. The Morgan fingerprint density at radius 3 is 2.72 bits per heavy atom. The van der Waals surface area contributed by atoms with Gasteiger partial charge in [0.1, 0.15) is 5.82 Å². The lowest BCUT2D eigenvalue weighted by molar-refractivity contribution is 0.305. The number of aryl methyl sites for hydroxylation is 1. The zero-order chi connectivity index (χ0) is 13.4. The van der Waals surface area contributed by atoms with Crippen molar-refractivity contribution >= 4 is 0 Å². The SMILES string of the molecule is CC(C)NCCCCCN(C)Cc1nccn1C. The van der Waals surface area contributed by atoms with Crippen molar-refractivity contribution in [2.75, 3.05) is 20.1 Å². The highest BCUT2D eigenvalue weighted by Gasteiger charge is 2.03. The molecule has 0 radical (unpaired) electrons. The highest BCUT2D eigenvalue weighted by Crippen LogP contribution is 2.02. The molecule has 0 saturated carbocycles. The molecule has 0 bridgehead atoms. The van der Waals surface area contributed by atoms with E-state index in [4.69, 9.17) is 0 Å². The van der Waals surface area contributed by atoms with Gasteiger partial charge in [0, 0.05) is 25.5 Å². The van der Waals surface area contributed by atoms with Gasteiger partial charge in [0.25, 0.3) is 0 Å². The van der Waals surface area contributed by atoms with Crippen LogP contribution in [0.3, 0.4) is 0 Å². The Hall–Kier alpha value is -0.870. The summed E-state index contributed by atoms with van der Waals surface area (Å²) in [5, 5.41) is 3.45. The van der Waals surface area contributed by atoms with Gasteiger partial charge in [0.15, 0.2) is 0 Å². The summed E-state index contributed by atoms with van der Waals surface area (Å²) in [5.41, 5.74) is 0. The number of hydrogen-bond donors (Lipinski definition) is 1. The highest BCUT2D eigenvalue weighted by atomic mass is 15.1. The first-order valence-electron chi connectivity index (χ1n) is 6.97. The number of nitrogens with one attached hydrogen (secondary N) is 1. The fraction of sp³-hybridized carbons (Fsp3) is 0.786. The minimum absolute atomic E-state index is 0.607. The first kappa shape index (κ1) is 15.2. The summed E-state index contributed by atoms with van der Waals surface area (Å²) >= 11 is 0. The number of rotatable bonds is 9. The van der Waals surface area contributed by atoms with Crippen LogP contribution in [0.4, 0.5) is 0 Å². The maximum absolute atomic E-state index is 4.34. The largest absolute Gasteiger partial charge is 0.337 e. The second-order valence-corrected chi connectivity index (χ2v) is 5.36. The fourth-order valence-corrected chi connectivity index (χ4v) is 1.94. The third-order valence-electron chi connectivity index (χ3n) is 3.10. The summed E-state index contributed by atoms with van der Waals surface area (Å²) in [5.74, 6) is 1.14. The summed E-state index contributed by atoms with van der Waals surface area (Å²) < 4.78 is 2.09. The molecule has 0 aromatic carbocycles. The van der Waals surface area contributed by atoms with Crippen molar-refractivity contribution in [1.29, 1.82) is 0 Å². The average molecular weight is 252 g/mol. The summed E-state index contributed by atoms with van der Waals surface area (Å²) in [6.45, 7) is 7.62. The van der Waals surface area contributed by atoms with E-state index >= 15 is 0 Å². The van der Waals surface area contributed by atoms with Crippen LogP contribution in [0.1, 0.15) is 38.9 Å². The molecule has 0 saturated heterocycles. The Morgan fingerprint density at radius 2 is 2.11 bits per heavy atom. The van der Waals surface area contributed by atoms with E-state index in [1.807, 2.05) is 19.4 Å². The smallest absolute Gasteiger partial charge is 0.122 e. The molecule has 4 nitrogen and oxygen atoms in total. The van der Waals surface area contributed by atoms with E-state index in [2.05, 4.69) is 40.7 Å². The second kappa shape index (κ2) is 8.27. The lowest BCUT2D eigenvalue weighted by Gasteiger charge is -2.16. The summed E-state index contributed by atoms with van der Waals surface area (Å²) in [7, 11) is 4.22. The van der Waals surface area contributed by atoms with Gasteiger partial charge in [0.2, 0.25) is 0 Å². The molecular weight excluding hydrogens is 224 g/mol. The molecule has 104 valence electrons. The molecule has 0 aliphatic carbocycles. The molecule has 1 aromatic rings. The lowest BCUT2D eigenvalue weighted by atomic mass is 10.2. The normalized spacial score (nSPS) is 11.7. The maximum Gasteiger partial charge on any atom is 0.122 e. The van der Waals surface area contributed by atoms with Gasteiger partial charge < -0.3 is 9.88 Å². The van der Waals surface area contributed by atoms with Gasteiger partial charge in [-0.2, -0.15) is 0 Å². The van der Waals surface area contributed by atoms with Crippen LogP contribution in [-0.2, 0) is 13.6 Å². The Balaban J connectivity index is 2.04. The van der Waals surface area contributed by atoms with Crippen LogP contribution in [0, 0.1) is 0 Å². The van der Waals surface area contributed by atoms with Crippen LogP contribution in [0.2, 0.25) is 0 Å². The Morgan fingerprint density at radius 1 is 1.33 bits per heavy atom. The predicted molar refractivity (Wildman–Crippen MR) is 76.5 cm³/mol. The van der Waals surface area contributed by atoms with E-state index in [1.54, 1.807) is 0 Å². The first-order chi connectivity index (χ1) is 8.59. The lowest BCUT2D eigenvalue weighted by Crippen LogP contribution is -2.24. The van der Waals surface area contributed by atoms with Crippen LogP contribution >= 0.6 is 0 Å². The van der Waals surface area contributed by atoms with E-state index in [0.29, 0.717) is 6.04 Å². The Kier molecular flexibility index (Phi) is 6.98.